The lowest BCUT2D eigenvalue weighted by molar-refractivity contribution is -0.156. The van der Waals surface area contributed by atoms with Crippen molar-refractivity contribution in [1.82, 2.24) is 4.90 Å². The molecule has 19 heavy (non-hydrogen) atoms. The summed E-state index contributed by atoms with van der Waals surface area (Å²) >= 11 is 0. The second-order valence-electron chi connectivity index (χ2n) is 5.69. The molecular weight excluding hydrogens is 246 g/mol. The van der Waals surface area contributed by atoms with Crippen molar-refractivity contribution in [3.63, 3.8) is 0 Å². The zero-order valence-electron chi connectivity index (χ0n) is 11.8. The van der Waals surface area contributed by atoms with Crippen molar-refractivity contribution in [2.24, 2.45) is 5.41 Å². The number of hydrogen-bond donors (Lipinski definition) is 1. The van der Waals surface area contributed by atoms with E-state index in [-0.39, 0.29) is 24.8 Å². The molecule has 0 aromatic heterocycles. The number of nitrogens with zero attached hydrogens (tertiary/aromatic N) is 1. The molecule has 2 rings (SSSR count). The minimum atomic E-state index is -0.738. The Hall–Kier alpha value is -0.940. The van der Waals surface area contributed by atoms with Gasteiger partial charge in [0.2, 0.25) is 11.8 Å². The van der Waals surface area contributed by atoms with Crippen LogP contribution in [-0.2, 0) is 14.3 Å². The van der Waals surface area contributed by atoms with E-state index < -0.39 is 11.0 Å². The molecule has 0 aliphatic carbocycles. The first kappa shape index (κ1) is 14.5. The van der Waals surface area contributed by atoms with Gasteiger partial charge in [0.05, 0.1) is 17.6 Å². The first-order valence-corrected chi connectivity index (χ1v) is 7.11. The third kappa shape index (κ3) is 2.09. The fourth-order valence-electron chi connectivity index (χ4n) is 3.28. The minimum Gasteiger partial charge on any atom is -0.394 e. The fourth-order valence-corrected chi connectivity index (χ4v) is 3.28. The van der Waals surface area contributed by atoms with Crippen LogP contribution in [0.15, 0.2) is 0 Å². The van der Waals surface area contributed by atoms with Crippen LogP contribution in [-0.4, -0.2) is 47.2 Å². The van der Waals surface area contributed by atoms with Gasteiger partial charge in [-0.25, -0.2) is 0 Å². The highest BCUT2D eigenvalue weighted by Gasteiger charge is 2.56. The molecule has 2 saturated heterocycles. The van der Waals surface area contributed by atoms with Gasteiger partial charge in [0.1, 0.15) is 0 Å². The van der Waals surface area contributed by atoms with Gasteiger partial charge in [0.25, 0.3) is 0 Å². The van der Waals surface area contributed by atoms with E-state index in [0.717, 1.165) is 0 Å². The van der Waals surface area contributed by atoms with E-state index in [1.54, 1.807) is 0 Å². The maximum atomic E-state index is 12.7. The number of carbonyl (C=O) groups excluding carboxylic acids is 2. The SMILES string of the molecule is CCC1(CC)CC(=O)N(C2(CO)CCOCC2)C1=O. The van der Waals surface area contributed by atoms with Crippen LogP contribution in [0.3, 0.4) is 0 Å². The molecular formula is C14H23NO4. The monoisotopic (exact) mass is 269 g/mol. The van der Waals surface area contributed by atoms with Gasteiger partial charge in [-0.3, -0.25) is 14.5 Å². The zero-order valence-corrected chi connectivity index (χ0v) is 11.8. The smallest absolute Gasteiger partial charge is 0.236 e. The molecule has 5 heteroatoms. The maximum Gasteiger partial charge on any atom is 0.236 e. The highest BCUT2D eigenvalue weighted by Crippen LogP contribution is 2.44. The van der Waals surface area contributed by atoms with Crippen molar-refractivity contribution in [3.8, 4) is 0 Å². The van der Waals surface area contributed by atoms with Gasteiger partial charge in [0.15, 0.2) is 0 Å². The Balaban J connectivity index is 2.33. The van der Waals surface area contributed by atoms with Crippen LogP contribution in [0.4, 0.5) is 0 Å². The third-order valence-corrected chi connectivity index (χ3v) is 4.94. The number of ether oxygens (including phenoxy) is 1. The Morgan fingerprint density at radius 2 is 1.79 bits per heavy atom. The summed E-state index contributed by atoms with van der Waals surface area (Å²) in [6.45, 7) is 4.71. The highest BCUT2D eigenvalue weighted by atomic mass is 16.5. The summed E-state index contributed by atoms with van der Waals surface area (Å²) in [5, 5.41) is 9.75. The van der Waals surface area contributed by atoms with E-state index in [2.05, 4.69) is 0 Å². The van der Waals surface area contributed by atoms with Crippen LogP contribution >= 0.6 is 0 Å². The fraction of sp³-hybridized carbons (Fsp3) is 0.857. The zero-order chi connectivity index (χ0) is 14.1. The topological polar surface area (TPSA) is 66.8 Å². The molecule has 0 saturated carbocycles. The Morgan fingerprint density at radius 1 is 1.21 bits per heavy atom. The molecule has 5 nitrogen and oxygen atoms in total. The van der Waals surface area contributed by atoms with Gasteiger partial charge in [-0.1, -0.05) is 13.8 Å². The van der Waals surface area contributed by atoms with Crippen molar-refractivity contribution in [3.05, 3.63) is 0 Å². The molecule has 0 radical (unpaired) electrons. The molecule has 0 bridgehead atoms. The van der Waals surface area contributed by atoms with Gasteiger partial charge in [-0.2, -0.15) is 0 Å². The Labute approximate surface area is 113 Å². The Morgan fingerprint density at radius 3 is 2.21 bits per heavy atom. The number of aliphatic hydroxyl groups is 1. The molecule has 0 unspecified atom stereocenters. The number of aliphatic hydroxyl groups excluding tert-OH is 1. The predicted octanol–water partition coefficient (Wildman–Crippen LogP) is 1.09. The maximum absolute atomic E-state index is 12.7. The molecule has 0 atom stereocenters. The van der Waals surface area contributed by atoms with E-state index in [4.69, 9.17) is 4.74 Å². The molecule has 2 aliphatic heterocycles. The van der Waals surface area contributed by atoms with Gasteiger partial charge >= 0.3 is 0 Å². The van der Waals surface area contributed by atoms with Crippen LogP contribution in [0.1, 0.15) is 46.0 Å². The number of hydrogen-bond acceptors (Lipinski definition) is 4. The molecule has 2 heterocycles. The summed E-state index contributed by atoms with van der Waals surface area (Å²) in [4.78, 5) is 26.4. The van der Waals surface area contributed by atoms with Crippen LogP contribution in [0.2, 0.25) is 0 Å². The van der Waals surface area contributed by atoms with Crippen molar-refractivity contribution in [2.45, 2.75) is 51.5 Å². The van der Waals surface area contributed by atoms with Crippen molar-refractivity contribution in [1.29, 1.82) is 0 Å². The lowest BCUT2D eigenvalue weighted by atomic mass is 9.80. The van der Waals surface area contributed by atoms with Crippen LogP contribution in [0.25, 0.3) is 0 Å². The van der Waals surface area contributed by atoms with Gasteiger partial charge in [0, 0.05) is 19.6 Å². The van der Waals surface area contributed by atoms with E-state index >= 15 is 0 Å². The summed E-state index contributed by atoms with van der Waals surface area (Å²) in [5.41, 5.74) is -1.30. The highest BCUT2D eigenvalue weighted by molar-refractivity contribution is 6.06. The molecule has 2 aliphatic rings. The van der Waals surface area contributed by atoms with Crippen molar-refractivity contribution in [2.75, 3.05) is 19.8 Å². The average molecular weight is 269 g/mol. The van der Waals surface area contributed by atoms with Crippen LogP contribution < -0.4 is 0 Å². The molecule has 2 fully saturated rings. The molecule has 0 aromatic rings. The van der Waals surface area contributed by atoms with Crippen LogP contribution in [0, 0.1) is 5.41 Å². The van der Waals surface area contributed by atoms with Crippen molar-refractivity contribution >= 4 is 11.8 Å². The standard InChI is InChI=1S/C14H23NO4/c1-3-13(4-2)9-11(17)15(12(13)18)14(10-16)5-7-19-8-6-14/h16H,3-10H2,1-2H3. The first-order chi connectivity index (χ1) is 9.05. The summed E-state index contributed by atoms with van der Waals surface area (Å²) in [6, 6.07) is 0. The lowest BCUT2D eigenvalue weighted by Crippen LogP contribution is -2.58. The number of carbonyl (C=O) groups is 2. The van der Waals surface area contributed by atoms with Crippen molar-refractivity contribution < 1.29 is 19.4 Å². The number of likely N-dealkylation sites (tertiary alicyclic amines) is 1. The summed E-state index contributed by atoms with van der Waals surface area (Å²) in [5.74, 6) is -0.233. The minimum absolute atomic E-state index is 0.0987. The van der Waals surface area contributed by atoms with Gasteiger partial charge in [-0.15, -0.1) is 0 Å². The normalized spacial score (nSPS) is 25.9. The number of imide groups is 1. The summed E-state index contributed by atoms with van der Waals surface area (Å²) in [6.07, 6.45) is 2.68. The molecule has 2 amide bonds. The number of amides is 2. The molecule has 0 spiro atoms. The van der Waals surface area contributed by atoms with E-state index in [9.17, 15) is 14.7 Å². The molecule has 1 N–H and O–H groups in total. The third-order valence-electron chi connectivity index (χ3n) is 4.94. The summed E-state index contributed by atoms with van der Waals surface area (Å²) < 4.78 is 5.30. The predicted molar refractivity (Wildman–Crippen MR) is 69.4 cm³/mol. The quantitative estimate of drug-likeness (QED) is 0.776. The van der Waals surface area contributed by atoms with Gasteiger partial charge < -0.3 is 9.84 Å². The average Bonchev–Trinajstić information content (AvgIpc) is 2.71. The Kier molecular flexibility index (Phi) is 3.97. The van der Waals surface area contributed by atoms with Gasteiger partial charge in [-0.05, 0) is 25.7 Å². The molecule has 108 valence electrons. The second kappa shape index (κ2) is 5.21. The first-order valence-electron chi connectivity index (χ1n) is 7.11. The van der Waals surface area contributed by atoms with Crippen LogP contribution in [0.5, 0.6) is 0 Å². The second-order valence-corrected chi connectivity index (χ2v) is 5.69. The van der Waals surface area contributed by atoms with E-state index in [0.29, 0.717) is 38.9 Å². The lowest BCUT2D eigenvalue weighted by Gasteiger charge is -2.42. The van der Waals surface area contributed by atoms with E-state index in [1.165, 1.54) is 4.90 Å². The molecule has 0 aromatic carbocycles. The largest absolute Gasteiger partial charge is 0.394 e. The number of rotatable bonds is 4. The Bertz CT molecular complexity index is 370. The van der Waals surface area contributed by atoms with E-state index in [1.807, 2.05) is 13.8 Å². The summed E-state index contributed by atoms with van der Waals surface area (Å²) in [7, 11) is 0.